The first kappa shape index (κ1) is 11.4. The van der Waals surface area contributed by atoms with Gasteiger partial charge in [0.1, 0.15) is 0 Å². The Morgan fingerprint density at radius 1 is 1.11 bits per heavy atom. The molecule has 0 aliphatic heterocycles. The topological polar surface area (TPSA) is 38.9 Å². The van der Waals surface area contributed by atoms with E-state index in [1.807, 2.05) is 16.8 Å². The molecule has 3 heteroatoms. The maximum absolute atomic E-state index is 5.73. The van der Waals surface area contributed by atoms with Gasteiger partial charge in [-0.25, -0.2) is 4.98 Å². The molecule has 5 rings (SSSR count). The van der Waals surface area contributed by atoms with E-state index in [1.54, 1.807) is 4.88 Å². The summed E-state index contributed by atoms with van der Waals surface area (Å²) in [6, 6.07) is 0. The van der Waals surface area contributed by atoms with Crippen molar-refractivity contribution in [1.29, 1.82) is 0 Å². The van der Waals surface area contributed by atoms with Crippen molar-refractivity contribution in [1.82, 2.24) is 4.98 Å². The molecule has 4 aliphatic rings. The summed E-state index contributed by atoms with van der Waals surface area (Å²) in [6.45, 7) is 0.740. The highest BCUT2D eigenvalue weighted by Gasteiger charge is 2.49. The summed E-state index contributed by atoms with van der Waals surface area (Å²) >= 11 is 1.90. The van der Waals surface area contributed by atoms with Gasteiger partial charge in [-0.15, -0.1) is 11.3 Å². The molecule has 4 aliphatic carbocycles. The summed E-state index contributed by atoms with van der Waals surface area (Å²) in [5.74, 6) is 4.91. The van der Waals surface area contributed by atoms with Crippen molar-refractivity contribution in [3.63, 3.8) is 0 Å². The number of nitrogens with zero attached hydrogens (tertiary/aromatic N) is 1. The number of hydrogen-bond acceptors (Lipinski definition) is 3. The molecule has 0 atom stereocenters. The minimum atomic E-state index is 0.740. The summed E-state index contributed by atoms with van der Waals surface area (Å²) in [4.78, 5) is 6.18. The Morgan fingerprint density at radius 2 is 1.78 bits per heavy atom. The summed E-state index contributed by atoms with van der Waals surface area (Å²) in [7, 11) is 0. The van der Waals surface area contributed by atoms with Crippen LogP contribution < -0.4 is 5.73 Å². The third kappa shape index (κ3) is 1.67. The Labute approximate surface area is 113 Å². The van der Waals surface area contributed by atoms with Gasteiger partial charge in [0.15, 0.2) is 0 Å². The monoisotopic (exact) mass is 262 g/mol. The van der Waals surface area contributed by atoms with E-state index in [1.165, 1.54) is 37.8 Å². The first-order valence-electron chi connectivity index (χ1n) is 7.47. The first-order chi connectivity index (χ1) is 8.85. The molecule has 0 saturated heterocycles. The lowest BCUT2D eigenvalue weighted by atomic mass is 9.51. The van der Waals surface area contributed by atoms with E-state index in [9.17, 15) is 0 Å². The third-order valence-corrected chi connectivity index (χ3v) is 6.56. The lowest BCUT2D eigenvalue weighted by Crippen LogP contribution is -2.43. The average molecular weight is 262 g/mol. The van der Waals surface area contributed by atoms with E-state index < -0.39 is 0 Å². The van der Waals surface area contributed by atoms with Crippen LogP contribution in [0.15, 0.2) is 5.51 Å². The quantitative estimate of drug-likeness (QED) is 0.908. The second kappa shape index (κ2) is 4.31. The molecule has 1 heterocycles. The summed E-state index contributed by atoms with van der Waals surface area (Å²) in [6.07, 6.45) is 8.50. The number of aromatic nitrogens is 1. The zero-order chi connectivity index (χ0) is 12.1. The first-order valence-corrected chi connectivity index (χ1v) is 8.35. The van der Waals surface area contributed by atoms with E-state index >= 15 is 0 Å². The number of thiazole rings is 1. The van der Waals surface area contributed by atoms with E-state index in [0.29, 0.717) is 0 Å². The smallest absolute Gasteiger partial charge is 0.0797 e. The molecular weight excluding hydrogens is 240 g/mol. The molecule has 0 amide bonds. The zero-order valence-electron chi connectivity index (χ0n) is 10.8. The molecule has 0 unspecified atom stereocenters. The fourth-order valence-corrected chi connectivity index (χ4v) is 6.35. The largest absolute Gasteiger partial charge is 0.330 e. The predicted octanol–water partition coefficient (Wildman–Crippen LogP) is 3.18. The van der Waals surface area contributed by atoms with Crippen LogP contribution in [0.3, 0.4) is 0 Å². The van der Waals surface area contributed by atoms with Crippen LogP contribution in [-0.2, 0) is 6.42 Å². The SMILES string of the molecule is NCCc1ncsc1C1C2CC3CC(C2)CC1C3. The van der Waals surface area contributed by atoms with Crippen LogP contribution in [0.4, 0.5) is 0 Å². The highest BCUT2D eigenvalue weighted by molar-refractivity contribution is 7.09. The molecule has 0 radical (unpaired) electrons. The fourth-order valence-electron chi connectivity index (χ4n) is 5.23. The Kier molecular flexibility index (Phi) is 2.73. The van der Waals surface area contributed by atoms with Gasteiger partial charge in [-0.2, -0.15) is 0 Å². The van der Waals surface area contributed by atoms with Crippen molar-refractivity contribution in [2.45, 2.75) is 44.4 Å². The van der Waals surface area contributed by atoms with Gasteiger partial charge in [0.25, 0.3) is 0 Å². The van der Waals surface area contributed by atoms with Gasteiger partial charge >= 0.3 is 0 Å². The van der Waals surface area contributed by atoms with Crippen LogP contribution in [0.1, 0.15) is 48.6 Å². The summed E-state index contributed by atoms with van der Waals surface area (Å²) < 4.78 is 0. The average Bonchev–Trinajstić information content (AvgIpc) is 2.76. The van der Waals surface area contributed by atoms with E-state index in [-0.39, 0.29) is 0 Å². The minimum absolute atomic E-state index is 0.740. The number of rotatable bonds is 3. The van der Waals surface area contributed by atoms with Crippen LogP contribution >= 0.6 is 11.3 Å². The molecule has 18 heavy (non-hydrogen) atoms. The third-order valence-electron chi connectivity index (χ3n) is 5.58. The van der Waals surface area contributed by atoms with Gasteiger partial charge < -0.3 is 5.73 Å². The highest BCUT2D eigenvalue weighted by Crippen LogP contribution is 2.60. The van der Waals surface area contributed by atoms with Crippen molar-refractivity contribution in [2.75, 3.05) is 6.54 Å². The molecule has 4 saturated carbocycles. The molecule has 4 fully saturated rings. The zero-order valence-corrected chi connectivity index (χ0v) is 11.7. The summed E-state index contributed by atoms with van der Waals surface area (Å²) in [5.41, 5.74) is 9.09. The van der Waals surface area contributed by atoms with Crippen LogP contribution in [0.25, 0.3) is 0 Å². The molecule has 1 aromatic rings. The van der Waals surface area contributed by atoms with Gasteiger partial charge in [0, 0.05) is 17.2 Å². The van der Waals surface area contributed by atoms with E-state index in [0.717, 1.165) is 42.6 Å². The highest BCUT2D eigenvalue weighted by atomic mass is 32.1. The van der Waals surface area contributed by atoms with Crippen molar-refractivity contribution >= 4 is 11.3 Å². The van der Waals surface area contributed by atoms with Gasteiger partial charge in [-0.1, -0.05) is 0 Å². The Bertz CT molecular complexity index is 411. The van der Waals surface area contributed by atoms with Crippen LogP contribution in [0, 0.1) is 23.7 Å². The standard InChI is InChI=1S/C15H22N2S/c16-2-1-13-15(18-8-17-13)14-11-4-9-3-10(6-11)7-12(14)5-9/h8-12,14H,1-7,16H2. The van der Waals surface area contributed by atoms with Crippen molar-refractivity contribution in [3.8, 4) is 0 Å². The number of hydrogen-bond donors (Lipinski definition) is 1. The number of nitrogens with two attached hydrogens (primary N) is 1. The minimum Gasteiger partial charge on any atom is -0.330 e. The maximum atomic E-state index is 5.73. The fraction of sp³-hybridized carbons (Fsp3) is 0.800. The Hall–Kier alpha value is -0.410. The van der Waals surface area contributed by atoms with Crippen molar-refractivity contribution in [3.05, 3.63) is 16.1 Å². The van der Waals surface area contributed by atoms with Gasteiger partial charge in [-0.3, -0.25) is 0 Å². The lowest BCUT2D eigenvalue weighted by molar-refractivity contribution is -0.00193. The molecule has 0 spiro atoms. The molecule has 4 bridgehead atoms. The normalized spacial score (nSPS) is 41.5. The van der Waals surface area contributed by atoms with Crippen LogP contribution in [0.2, 0.25) is 0 Å². The Morgan fingerprint density at radius 3 is 2.39 bits per heavy atom. The summed E-state index contributed by atoms with van der Waals surface area (Å²) in [5, 5.41) is 0. The van der Waals surface area contributed by atoms with Gasteiger partial charge in [-0.05, 0) is 62.3 Å². The molecule has 0 aromatic carbocycles. The molecule has 1 aromatic heterocycles. The molecular formula is C15H22N2S. The maximum Gasteiger partial charge on any atom is 0.0797 e. The van der Waals surface area contributed by atoms with E-state index in [2.05, 4.69) is 4.98 Å². The van der Waals surface area contributed by atoms with Crippen LogP contribution in [0.5, 0.6) is 0 Å². The van der Waals surface area contributed by atoms with Crippen molar-refractivity contribution in [2.24, 2.45) is 29.4 Å². The Balaban J connectivity index is 1.66. The van der Waals surface area contributed by atoms with E-state index in [4.69, 9.17) is 5.73 Å². The molecule has 98 valence electrons. The second-order valence-electron chi connectivity index (χ2n) is 6.66. The van der Waals surface area contributed by atoms with Gasteiger partial charge in [0.05, 0.1) is 11.2 Å². The van der Waals surface area contributed by atoms with Crippen molar-refractivity contribution < 1.29 is 0 Å². The van der Waals surface area contributed by atoms with Gasteiger partial charge in [0.2, 0.25) is 0 Å². The predicted molar refractivity (Wildman–Crippen MR) is 74.7 cm³/mol. The molecule has 2 nitrogen and oxygen atoms in total. The molecule has 2 N–H and O–H groups in total. The van der Waals surface area contributed by atoms with Crippen LogP contribution in [-0.4, -0.2) is 11.5 Å². The lowest BCUT2D eigenvalue weighted by Gasteiger charge is -2.54. The second-order valence-corrected chi connectivity index (χ2v) is 7.54.